The minimum atomic E-state index is -0.313. The second-order valence-electron chi connectivity index (χ2n) is 7.40. The molecule has 0 aliphatic carbocycles. The predicted octanol–water partition coefficient (Wildman–Crippen LogP) is 6.66. The molecular formula is C25H24BrN3O3S. The number of hydrogen-bond acceptors (Lipinski definition) is 6. The van der Waals surface area contributed by atoms with Gasteiger partial charge in [0.05, 0.1) is 18.5 Å². The van der Waals surface area contributed by atoms with Crippen LogP contribution in [-0.4, -0.2) is 18.0 Å². The van der Waals surface area contributed by atoms with Gasteiger partial charge in [0, 0.05) is 14.7 Å². The molecule has 6 nitrogen and oxygen atoms in total. The van der Waals surface area contributed by atoms with Crippen LogP contribution < -0.4 is 15.6 Å². The lowest BCUT2D eigenvalue weighted by Crippen LogP contribution is -2.21. The molecule has 33 heavy (non-hydrogen) atoms. The molecule has 0 bridgehead atoms. The van der Waals surface area contributed by atoms with Crippen LogP contribution in [0.3, 0.4) is 0 Å². The number of hydrogen-bond donors (Lipinski definition) is 1. The summed E-state index contributed by atoms with van der Waals surface area (Å²) in [7, 11) is 1.61. The van der Waals surface area contributed by atoms with E-state index in [9.17, 15) is 4.79 Å². The fourth-order valence-corrected chi connectivity index (χ4v) is 4.75. The predicted molar refractivity (Wildman–Crippen MR) is 136 cm³/mol. The minimum Gasteiger partial charge on any atom is -0.497 e. The number of anilines is 1. The summed E-state index contributed by atoms with van der Waals surface area (Å²) >= 11 is 5.00. The molecular weight excluding hydrogens is 502 g/mol. The van der Waals surface area contributed by atoms with Crippen molar-refractivity contribution in [2.24, 2.45) is 4.99 Å². The highest BCUT2D eigenvalue weighted by atomic mass is 79.9. The molecule has 4 rings (SSSR count). The third-order valence-corrected chi connectivity index (χ3v) is 6.71. The molecule has 2 aromatic heterocycles. The number of nitrogens with one attached hydrogen (secondary N) is 1. The maximum Gasteiger partial charge on any atom is 0.262 e. The van der Waals surface area contributed by atoms with Crippen LogP contribution >= 0.6 is 27.3 Å². The number of carbonyl (C=O) groups excluding carboxylic acids is 1. The van der Waals surface area contributed by atoms with E-state index < -0.39 is 0 Å². The van der Waals surface area contributed by atoms with Crippen molar-refractivity contribution in [1.29, 1.82) is 0 Å². The molecule has 0 aliphatic heterocycles. The Morgan fingerprint density at radius 2 is 1.97 bits per heavy atom. The summed E-state index contributed by atoms with van der Waals surface area (Å²) in [6.45, 7) is 4.23. The highest BCUT2D eigenvalue weighted by Crippen LogP contribution is 2.26. The standard InChI is InChI=1S/C25H24BrN3O3S/c1-4-6-20-22(5-2)33-25(28-20)29-23(30)19-14-15-13-16(26)7-12-21(15)32-24(19)27-17-8-10-18(31-3)11-9-17/h7-14H,4-6H2,1-3H3,(H,28,29,30). The number of thiazole rings is 1. The van der Waals surface area contributed by atoms with Gasteiger partial charge in [-0.2, -0.15) is 0 Å². The van der Waals surface area contributed by atoms with Crippen LogP contribution in [-0.2, 0) is 12.8 Å². The Morgan fingerprint density at radius 1 is 1.18 bits per heavy atom. The monoisotopic (exact) mass is 525 g/mol. The lowest BCUT2D eigenvalue weighted by atomic mass is 10.1. The Kier molecular flexibility index (Phi) is 7.25. The van der Waals surface area contributed by atoms with E-state index >= 15 is 0 Å². The van der Waals surface area contributed by atoms with Crippen molar-refractivity contribution in [3.05, 3.63) is 74.7 Å². The van der Waals surface area contributed by atoms with Crippen molar-refractivity contribution in [2.75, 3.05) is 12.4 Å². The van der Waals surface area contributed by atoms with Crippen molar-refractivity contribution in [2.45, 2.75) is 33.1 Å². The van der Waals surface area contributed by atoms with Gasteiger partial charge in [-0.3, -0.25) is 10.1 Å². The molecule has 0 atom stereocenters. The van der Waals surface area contributed by atoms with Crippen LogP contribution in [0.2, 0.25) is 0 Å². The van der Waals surface area contributed by atoms with E-state index in [0.29, 0.717) is 22.0 Å². The molecule has 2 heterocycles. The van der Waals surface area contributed by atoms with Gasteiger partial charge in [0.1, 0.15) is 16.9 Å². The van der Waals surface area contributed by atoms with Crippen molar-refractivity contribution in [3.63, 3.8) is 0 Å². The molecule has 0 saturated heterocycles. The fourth-order valence-electron chi connectivity index (χ4n) is 3.43. The third-order valence-electron chi connectivity index (χ3n) is 5.06. The van der Waals surface area contributed by atoms with Crippen molar-refractivity contribution in [3.8, 4) is 5.75 Å². The van der Waals surface area contributed by atoms with E-state index in [1.807, 2.05) is 42.5 Å². The third kappa shape index (κ3) is 5.34. The molecule has 4 aromatic rings. The molecule has 1 N–H and O–H groups in total. The second kappa shape index (κ2) is 10.3. The van der Waals surface area contributed by atoms with Crippen molar-refractivity contribution >= 4 is 55.0 Å². The zero-order chi connectivity index (χ0) is 23.4. The van der Waals surface area contributed by atoms with E-state index in [-0.39, 0.29) is 11.5 Å². The number of ether oxygens (including phenoxy) is 1. The van der Waals surface area contributed by atoms with Crippen LogP contribution in [0.4, 0.5) is 10.8 Å². The Balaban J connectivity index is 1.78. The molecule has 0 radical (unpaired) electrons. The number of aromatic nitrogens is 1. The van der Waals surface area contributed by atoms with Gasteiger partial charge in [0.2, 0.25) is 5.55 Å². The van der Waals surface area contributed by atoms with Crippen LogP contribution in [0.15, 0.2) is 62.4 Å². The molecule has 0 fully saturated rings. The first-order valence-electron chi connectivity index (χ1n) is 10.7. The topological polar surface area (TPSA) is 76.7 Å². The molecule has 0 aliphatic rings. The molecule has 2 aromatic carbocycles. The Bertz CT molecular complexity index is 1360. The number of nitrogens with zero attached hydrogens (tertiary/aromatic N) is 2. The molecule has 0 spiro atoms. The summed E-state index contributed by atoms with van der Waals surface area (Å²) in [4.78, 5) is 23.8. The van der Waals surface area contributed by atoms with Gasteiger partial charge in [-0.25, -0.2) is 9.98 Å². The largest absolute Gasteiger partial charge is 0.497 e. The van der Waals surface area contributed by atoms with Crippen molar-refractivity contribution in [1.82, 2.24) is 4.98 Å². The summed E-state index contributed by atoms with van der Waals surface area (Å²) in [5.41, 5.74) is 2.90. The number of halogens is 1. The Morgan fingerprint density at radius 3 is 2.67 bits per heavy atom. The zero-order valence-electron chi connectivity index (χ0n) is 18.6. The smallest absolute Gasteiger partial charge is 0.262 e. The highest BCUT2D eigenvalue weighted by molar-refractivity contribution is 9.10. The number of methoxy groups -OCH3 is 1. The van der Waals surface area contributed by atoms with E-state index in [4.69, 9.17) is 9.15 Å². The van der Waals surface area contributed by atoms with Gasteiger partial charge >= 0.3 is 0 Å². The number of rotatable bonds is 7. The number of amides is 1. The average molecular weight is 526 g/mol. The van der Waals surface area contributed by atoms with Crippen LogP contribution in [0.5, 0.6) is 5.75 Å². The first kappa shape index (κ1) is 23.2. The number of aryl methyl sites for hydroxylation is 2. The summed E-state index contributed by atoms with van der Waals surface area (Å²) < 4.78 is 12.2. The highest BCUT2D eigenvalue weighted by Gasteiger charge is 2.17. The number of carbonyl (C=O) groups is 1. The maximum absolute atomic E-state index is 13.3. The summed E-state index contributed by atoms with van der Waals surface area (Å²) in [6.07, 6.45) is 2.79. The zero-order valence-corrected chi connectivity index (χ0v) is 21.0. The lowest BCUT2D eigenvalue weighted by Gasteiger charge is -2.06. The summed E-state index contributed by atoms with van der Waals surface area (Å²) in [6, 6.07) is 14.7. The maximum atomic E-state index is 13.3. The quantitative estimate of drug-likeness (QED) is 0.292. The lowest BCUT2D eigenvalue weighted by molar-refractivity contribution is 0.102. The average Bonchev–Trinajstić information content (AvgIpc) is 3.20. The SMILES string of the molecule is CCCc1nc(NC(=O)c2cc3cc(Br)ccc3oc2=Nc2ccc(OC)cc2)sc1CC. The van der Waals surface area contributed by atoms with Crippen molar-refractivity contribution < 1.29 is 13.9 Å². The van der Waals surface area contributed by atoms with Gasteiger partial charge in [-0.05, 0) is 61.4 Å². The Labute approximate surface area is 204 Å². The molecule has 8 heteroatoms. The van der Waals surface area contributed by atoms with E-state index in [2.05, 4.69) is 45.1 Å². The second-order valence-corrected chi connectivity index (χ2v) is 9.40. The van der Waals surface area contributed by atoms with Gasteiger partial charge in [-0.1, -0.05) is 36.2 Å². The fraction of sp³-hybridized carbons (Fsp3) is 0.240. The van der Waals surface area contributed by atoms with E-state index in [0.717, 1.165) is 40.6 Å². The molecule has 0 unspecified atom stereocenters. The summed E-state index contributed by atoms with van der Waals surface area (Å²) in [5, 5.41) is 4.33. The first-order valence-corrected chi connectivity index (χ1v) is 12.3. The molecule has 170 valence electrons. The van der Waals surface area contributed by atoms with Crippen LogP contribution in [0, 0.1) is 0 Å². The molecule has 0 saturated carbocycles. The molecule has 1 amide bonds. The van der Waals surface area contributed by atoms with Gasteiger partial charge in [-0.15, -0.1) is 11.3 Å². The normalized spacial score (nSPS) is 11.7. The summed E-state index contributed by atoms with van der Waals surface area (Å²) in [5.74, 6) is 0.415. The number of fused-ring (bicyclic) bond motifs is 1. The first-order chi connectivity index (χ1) is 16.0. The van der Waals surface area contributed by atoms with Gasteiger partial charge in [0.25, 0.3) is 5.91 Å². The van der Waals surface area contributed by atoms with E-state index in [1.165, 1.54) is 16.2 Å². The minimum absolute atomic E-state index is 0.230. The van der Waals surface area contributed by atoms with E-state index in [1.54, 1.807) is 13.2 Å². The Hall–Kier alpha value is -2.97. The number of benzene rings is 2. The van der Waals surface area contributed by atoms with Gasteiger partial charge in [0.15, 0.2) is 5.13 Å². The van der Waals surface area contributed by atoms with Gasteiger partial charge < -0.3 is 9.15 Å². The van der Waals surface area contributed by atoms with Crippen LogP contribution in [0.25, 0.3) is 11.0 Å². The van der Waals surface area contributed by atoms with Crippen LogP contribution in [0.1, 0.15) is 41.2 Å².